The Balaban J connectivity index is 1.43. The van der Waals surface area contributed by atoms with Crippen LogP contribution in [0.4, 0.5) is 0 Å². The molecule has 2 aliphatic heterocycles. The molecule has 3 aromatic carbocycles. The molecule has 194 valence electrons. The Morgan fingerprint density at radius 3 is 2.00 bits per heavy atom. The van der Waals surface area contributed by atoms with Crippen molar-refractivity contribution in [2.24, 2.45) is 5.11 Å². The maximum absolute atomic E-state index is 13.3. The Labute approximate surface area is 219 Å². The Morgan fingerprint density at radius 2 is 1.42 bits per heavy atom. The van der Waals surface area contributed by atoms with Crippen molar-refractivity contribution in [1.29, 1.82) is 0 Å². The van der Waals surface area contributed by atoms with Gasteiger partial charge in [-0.2, -0.15) is 0 Å². The average molecular weight is 515 g/mol. The number of nitrogens with zero attached hydrogens (tertiary/aromatic N) is 4. The zero-order valence-electron chi connectivity index (χ0n) is 20.4. The molecular formula is C28H26N4O6. The zero-order chi connectivity index (χ0) is 26.5. The van der Waals surface area contributed by atoms with Gasteiger partial charge < -0.3 is 19.3 Å². The maximum atomic E-state index is 13.3. The molecule has 5 atom stereocenters. The van der Waals surface area contributed by atoms with E-state index in [2.05, 4.69) is 10.0 Å². The van der Waals surface area contributed by atoms with Gasteiger partial charge in [0.05, 0.1) is 30.9 Å². The highest BCUT2D eigenvalue weighted by Gasteiger charge is 2.53. The van der Waals surface area contributed by atoms with Crippen molar-refractivity contribution in [2.45, 2.75) is 43.8 Å². The SMILES string of the molecule is [N-]=[N+]=N[C@@H]1O[C@H](COCc2ccccc2)[C@@H](O)[C@H](OCc2ccccc2)[C@H]1N1C(=O)c2ccccc2C1=O. The molecule has 0 spiro atoms. The number of hydrogen-bond acceptors (Lipinski definition) is 7. The highest BCUT2D eigenvalue weighted by Crippen LogP contribution is 2.34. The summed E-state index contributed by atoms with van der Waals surface area (Å²) in [6, 6.07) is 24.0. The van der Waals surface area contributed by atoms with Gasteiger partial charge in [-0.05, 0) is 28.8 Å². The number of hydrogen-bond donors (Lipinski definition) is 1. The lowest BCUT2D eigenvalue weighted by Crippen LogP contribution is -2.65. The molecular weight excluding hydrogens is 488 g/mol. The van der Waals surface area contributed by atoms with Crippen LogP contribution in [-0.4, -0.2) is 59.0 Å². The van der Waals surface area contributed by atoms with E-state index in [1.165, 1.54) is 0 Å². The van der Waals surface area contributed by atoms with Crippen LogP contribution in [0.25, 0.3) is 10.4 Å². The molecule has 0 aliphatic carbocycles. The van der Waals surface area contributed by atoms with Crippen LogP contribution in [0.3, 0.4) is 0 Å². The number of azide groups is 1. The second kappa shape index (κ2) is 11.6. The lowest BCUT2D eigenvalue weighted by molar-refractivity contribution is -0.223. The van der Waals surface area contributed by atoms with Crippen molar-refractivity contribution in [3.63, 3.8) is 0 Å². The fourth-order valence-electron chi connectivity index (χ4n) is 4.78. The van der Waals surface area contributed by atoms with Crippen LogP contribution in [-0.2, 0) is 27.4 Å². The first kappa shape index (κ1) is 25.6. The van der Waals surface area contributed by atoms with E-state index in [1.807, 2.05) is 60.7 Å². The van der Waals surface area contributed by atoms with Crippen LogP contribution >= 0.6 is 0 Å². The topological polar surface area (TPSA) is 134 Å². The second-order valence-electron chi connectivity index (χ2n) is 9.04. The van der Waals surface area contributed by atoms with Crippen molar-refractivity contribution in [2.75, 3.05) is 6.61 Å². The molecule has 1 saturated heterocycles. The van der Waals surface area contributed by atoms with E-state index < -0.39 is 42.4 Å². The summed E-state index contributed by atoms with van der Waals surface area (Å²) < 4.78 is 17.9. The van der Waals surface area contributed by atoms with Crippen molar-refractivity contribution in [3.8, 4) is 0 Å². The van der Waals surface area contributed by atoms with Crippen LogP contribution in [0.15, 0.2) is 90.0 Å². The Bertz CT molecular complexity index is 1300. The van der Waals surface area contributed by atoms with E-state index in [-0.39, 0.29) is 30.9 Å². The molecule has 1 fully saturated rings. The molecule has 0 radical (unpaired) electrons. The Hall–Kier alpha value is -4.05. The van der Waals surface area contributed by atoms with Gasteiger partial charge in [0.1, 0.15) is 24.4 Å². The highest BCUT2D eigenvalue weighted by atomic mass is 16.6. The first-order valence-electron chi connectivity index (χ1n) is 12.2. The number of aliphatic hydroxyl groups excluding tert-OH is 1. The van der Waals surface area contributed by atoms with Crippen molar-refractivity contribution < 1.29 is 28.9 Å². The van der Waals surface area contributed by atoms with Gasteiger partial charge >= 0.3 is 0 Å². The van der Waals surface area contributed by atoms with Crippen LogP contribution in [0, 0.1) is 0 Å². The fraction of sp³-hybridized carbons (Fsp3) is 0.286. The number of imide groups is 1. The molecule has 10 heteroatoms. The van der Waals surface area contributed by atoms with Gasteiger partial charge in [0, 0.05) is 4.91 Å². The maximum Gasteiger partial charge on any atom is 0.261 e. The number of rotatable bonds is 9. The van der Waals surface area contributed by atoms with E-state index in [1.54, 1.807) is 24.3 Å². The minimum atomic E-state index is -1.31. The quantitative estimate of drug-likeness (QED) is 0.200. The molecule has 10 nitrogen and oxygen atoms in total. The molecule has 2 aliphatic rings. The summed E-state index contributed by atoms with van der Waals surface area (Å²) in [6.07, 6.45) is -4.67. The normalized spacial score (nSPS) is 24.7. The minimum Gasteiger partial charge on any atom is -0.388 e. The molecule has 0 saturated carbocycles. The Kier molecular flexibility index (Phi) is 7.78. The summed E-state index contributed by atoms with van der Waals surface area (Å²) >= 11 is 0. The molecule has 38 heavy (non-hydrogen) atoms. The summed E-state index contributed by atoms with van der Waals surface area (Å²) in [5, 5.41) is 15.2. The van der Waals surface area contributed by atoms with Crippen LogP contribution in [0.5, 0.6) is 0 Å². The molecule has 5 rings (SSSR count). The largest absolute Gasteiger partial charge is 0.388 e. The zero-order valence-corrected chi connectivity index (χ0v) is 20.4. The van der Waals surface area contributed by atoms with Crippen LogP contribution in [0.2, 0.25) is 0 Å². The molecule has 0 aromatic heterocycles. The van der Waals surface area contributed by atoms with Crippen LogP contribution in [0.1, 0.15) is 31.8 Å². The fourth-order valence-corrected chi connectivity index (χ4v) is 4.78. The Morgan fingerprint density at radius 1 is 0.868 bits per heavy atom. The number of carbonyl (C=O) groups excluding carboxylic acids is 2. The van der Waals surface area contributed by atoms with Gasteiger partial charge in [-0.25, -0.2) is 0 Å². The summed E-state index contributed by atoms with van der Waals surface area (Å²) in [4.78, 5) is 30.6. The molecule has 1 N–H and O–H groups in total. The van der Waals surface area contributed by atoms with Gasteiger partial charge in [-0.15, -0.1) is 0 Å². The third kappa shape index (κ3) is 5.17. The van der Waals surface area contributed by atoms with Gasteiger partial charge in [-0.3, -0.25) is 14.5 Å². The second-order valence-corrected chi connectivity index (χ2v) is 9.04. The van der Waals surface area contributed by atoms with Crippen molar-refractivity contribution in [1.82, 2.24) is 4.90 Å². The highest BCUT2D eigenvalue weighted by molar-refractivity contribution is 6.21. The predicted molar refractivity (Wildman–Crippen MR) is 136 cm³/mol. The van der Waals surface area contributed by atoms with Gasteiger partial charge in [0.2, 0.25) is 0 Å². The van der Waals surface area contributed by atoms with E-state index in [0.29, 0.717) is 0 Å². The number of carbonyl (C=O) groups is 2. The van der Waals surface area contributed by atoms with Crippen molar-refractivity contribution in [3.05, 3.63) is 118 Å². The third-order valence-corrected chi connectivity index (χ3v) is 6.63. The van der Waals surface area contributed by atoms with E-state index in [9.17, 15) is 20.2 Å². The summed E-state index contributed by atoms with van der Waals surface area (Å²) in [6.45, 7) is 0.327. The summed E-state index contributed by atoms with van der Waals surface area (Å²) in [5.41, 5.74) is 11.5. The van der Waals surface area contributed by atoms with Gasteiger partial charge in [0.15, 0.2) is 6.23 Å². The number of aliphatic hydroxyl groups is 1. The van der Waals surface area contributed by atoms with Gasteiger partial charge in [0.25, 0.3) is 11.8 Å². The van der Waals surface area contributed by atoms with Crippen molar-refractivity contribution >= 4 is 11.8 Å². The number of benzene rings is 3. The standard InChI is InChI=1S/C28H26N4O6/c29-31-30-26-23(32-27(34)20-13-7-8-14-21(20)28(32)35)25(37-16-19-11-5-2-6-12-19)24(33)22(38-26)17-36-15-18-9-3-1-4-10-18/h1-14,22-26,33H,15-17H2/t22-,23-,24-,25-,26-/m1/s1. The number of amides is 2. The lowest BCUT2D eigenvalue weighted by Gasteiger charge is -2.45. The molecule has 0 bridgehead atoms. The first-order chi connectivity index (χ1) is 18.6. The van der Waals surface area contributed by atoms with Gasteiger partial charge in [-0.1, -0.05) is 77.9 Å². The average Bonchev–Trinajstić information content (AvgIpc) is 3.20. The summed E-state index contributed by atoms with van der Waals surface area (Å²) in [5.74, 6) is -1.15. The van der Waals surface area contributed by atoms with E-state index >= 15 is 0 Å². The van der Waals surface area contributed by atoms with E-state index in [0.717, 1.165) is 16.0 Å². The number of ether oxygens (including phenoxy) is 3. The number of fused-ring (bicyclic) bond motifs is 1. The monoisotopic (exact) mass is 514 g/mol. The molecule has 2 heterocycles. The predicted octanol–water partition coefficient (Wildman–Crippen LogP) is 3.85. The first-order valence-corrected chi connectivity index (χ1v) is 12.2. The smallest absolute Gasteiger partial charge is 0.261 e. The van der Waals surface area contributed by atoms with Crippen LogP contribution < -0.4 is 0 Å². The molecule has 3 aromatic rings. The lowest BCUT2D eigenvalue weighted by atomic mass is 9.94. The van der Waals surface area contributed by atoms with E-state index in [4.69, 9.17) is 14.2 Å². The molecule has 0 unspecified atom stereocenters. The third-order valence-electron chi connectivity index (χ3n) is 6.63. The molecule has 2 amide bonds. The minimum absolute atomic E-state index is 0.0342. The summed E-state index contributed by atoms with van der Waals surface area (Å²) in [7, 11) is 0.